The lowest BCUT2D eigenvalue weighted by molar-refractivity contribution is -0.215. The number of hydroxylamine groups is 4. The fourth-order valence-corrected chi connectivity index (χ4v) is 1.59. The number of nitrogens with zero attached hydrogens (tertiary/aromatic N) is 2. The molecule has 0 unspecified atom stereocenters. The van der Waals surface area contributed by atoms with Gasteiger partial charge in [0.25, 0.3) is 0 Å². The van der Waals surface area contributed by atoms with Crippen molar-refractivity contribution in [2.75, 3.05) is 52.9 Å². The van der Waals surface area contributed by atoms with Crippen molar-refractivity contribution < 1.29 is 28.7 Å². The van der Waals surface area contributed by atoms with E-state index >= 15 is 0 Å². The number of thiol groups is 2. The van der Waals surface area contributed by atoms with Gasteiger partial charge >= 0.3 is 11.9 Å². The lowest BCUT2D eigenvalue weighted by atomic mass is 10.2. The van der Waals surface area contributed by atoms with Crippen LogP contribution in [0.5, 0.6) is 0 Å². The molecule has 0 saturated carbocycles. The molecular formula is C12H24N2O6S2. The molecule has 0 amide bonds. The van der Waals surface area contributed by atoms with E-state index in [0.717, 1.165) is 0 Å². The number of rotatable bonds is 11. The number of carbonyl (C=O) groups is 2. The van der Waals surface area contributed by atoms with Crippen molar-refractivity contribution in [2.45, 2.75) is 12.2 Å². The SMILES string of the molecule is CN(C)OC(=O)[C@H](OCCS)[C@@H](OCCS)C(=O)ON(C)C. The minimum absolute atomic E-state index is 0.145. The molecule has 10 heteroatoms. The highest BCUT2D eigenvalue weighted by molar-refractivity contribution is 7.80. The summed E-state index contributed by atoms with van der Waals surface area (Å²) in [5.41, 5.74) is 0. The molecule has 0 bridgehead atoms. The van der Waals surface area contributed by atoms with E-state index in [1.807, 2.05) is 0 Å². The third kappa shape index (κ3) is 8.81. The molecule has 0 heterocycles. The first kappa shape index (κ1) is 21.5. The van der Waals surface area contributed by atoms with Gasteiger partial charge in [0.05, 0.1) is 13.2 Å². The number of hydrogen-bond acceptors (Lipinski definition) is 10. The zero-order valence-corrected chi connectivity index (χ0v) is 15.0. The average Bonchev–Trinajstić information content (AvgIpc) is 2.40. The Hall–Kier alpha value is -0.520. The molecule has 0 saturated heterocycles. The van der Waals surface area contributed by atoms with Gasteiger partial charge in [-0.15, -0.1) is 10.1 Å². The van der Waals surface area contributed by atoms with Crippen LogP contribution in [-0.4, -0.2) is 87.2 Å². The first-order valence-electron chi connectivity index (χ1n) is 6.56. The Balaban J connectivity index is 5.13. The maximum atomic E-state index is 12.1. The summed E-state index contributed by atoms with van der Waals surface area (Å²) in [7, 11) is 6.15. The highest BCUT2D eigenvalue weighted by atomic mass is 32.1. The molecule has 0 fully saturated rings. The van der Waals surface area contributed by atoms with Gasteiger partial charge in [-0.25, -0.2) is 9.59 Å². The van der Waals surface area contributed by atoms with Crippen LogP contribution in [-0.2, 0) is 28.7 Å². The van der Waals surface area contributed by atoms with E-state index in [4.69, 9.17) is 19.1 Å². The zero-order chi connectivity index (χ0) is 17.1. The lowest BCUT2D eigenvalue weighted by Crippen LogP contribution is -2.48. The van der Waals surface area contributed by atoms with Crippen molar-refractivity contribution in [3.05, 3.63) is 0 Å². The predicted octanol–water partition coefficient (Wildman–Crippen LogP) is -0.344. The zero-order valence-electron chi connectivity index (χ0n) is 13.2. The summed E-state index contributed by atoms with van der Waals surface area (Å²) < 4.78 is 10.7. The van der Waals surface area contributed by atoms with Crippen molar-refractivity contribution in [1.82, 2.24) is 10.1 Å². The Morgan fingerprint density at radius 2 is 1.14 bits per heavy atom. The Bertz CT molecular complexity index is 312. The standard InChI is InChI=1S/C12H24N2O6S2/c1-13(2)19-11(15)9(17-5-7-21)10(18-6-8-22)12(16)20-14(3)4/h9-10,21-22H,5-8H2,1-4H3/t9-,10-/m1/s1. The van der Waals surface area contributed by atoms with Crippen LogP contribution in [0.2, 0.25) is 0 Å². The molecular weight excluding hydrogens is 332 g/mol. The third-order valence-electron chi connectivity index (χ3n) is 2.06. The van der Waals surface area contributed by atoms with E-state index in [1.165, 1.54) is 38.3 Å². The molecule has 0 aliphatic carbocycles. The van der Waals surface area contributed by atoms with E-state index in [-0.39, 0.29) is 13.2 Å². The van der Waals surface area contributed by atoms with Crippen LogP contribution >= 0.6 is 25.3 Å². The van der Waals surface area contributed by atoms with Crippen molar-refractivity contribution in [2.24, 2.45) is 0 Å². The largest absolute Gasteiger partial charge is 0.366 e. The molecule has 0 radical (unpaired) electrons. The molecule has 8 nitrogen and oxygen atoms in total. The van der Waals surface area contributed by atoms with Crippen LogP contribution in [0.3, 0.4) is 0 Å². The van der Waals surface area contributed by atoms with Gasteiger partial charge in [0.1, 0.15) is 0 Å². The van der Waals surface area contributed by atoms with Gasteiger partial charge in [0.2, 0.25) is 0 Å². The maximum Gasteiger partial charge on any atom is 0.357 e. The molecule has 0 rings (SSSR count). The van der Waals surface area contributed by atoms with Gasteiger partial charge in [0.15, 0.2) is 12.2 Å². The molecule has 22 heavy (non-hydrogen) atoms. The van der Waals surface area contributed by atoms with Crippen LogP contribution in [0, 0.1) is 0 Å². The highest BCUT2D eigenvalue weighted by Crippen LogP contribution is 2.11. The molecule has 0 spiro atoms. The second-order valence-corrected chi connectivity index (χ2v) is 5.37. The number of hydrogen-bond donors (Lipinski definition) is 2. The summed E-state index contributed by atoms with van der Waals surface area (Å²) in [4.78, 5) is 34.1. The minimum atomic E-state index is -1.26. The van der Waals surface area contributed by atoms with E-state index in [1.54, 1.807) is 0 Å². The summed E-state index contributed by atoms with van der Waals surface area (Å²) in [6.45, 7) is 0.290. The molecule has 0 aliphatic heterocycles. The summed E-state index contributed by atoms with van der Waals surface area (Å²) >= 11 is 8.03. The molecule has 0 aliphatic rings. The van der Waals surface area contributed by atoms with Crippen molar-refractivity contribution >= 4 is 37.2 Å². The van der Waals surface area contributed by atoms with E-state index in [2.05, 4.69) is 25.3 Å². The van der Waals surface area contributed by atoms with E-state index in [0.29, 0.717) is 11.5 Å². The van der Waals surface area contributed by atoms with Gasteiger partial charge in [-0.05, 0) is 0 Å². The van der Waals surface area contributed by atoms with Gasteiger partial charge in [-0.3, -0.25) is 0 Å². The van der Waals surface area contributed by atoms with E-state index in [9.17, 15) is 9.59 Å². The van der Waals surface area contributed by atoms with Crippen molar-refractivity contribution in [3.63, 3.8) is 0 Å². The molecule has 0 aromatic heterocycles. The second-order valence-electron chi connectivity index (χ2n) is 4.48. The Morgan fingerprint density at radius 1 is 0.818 bits per heavy atom. The molecule has 0 aromatic carbocycles. The summed E-state index contributed by atoms with van der Waals surface area (Å²) in [6.07, 6.45) is -2.52. The van der Waals surface area contributed by atoms with Crippen LogP contribution in [0.25, 0.3) is 0 Å². The normalized spacial score (nSPS) is 14.0. The minimum Gasteiger partial charge on any atom is -0.366 e. The topological polar surface area (TPSA) is 77.5 Å². The highest BCUT2D eigenvalue weighted by Gasteiger charge is 2.39. The first-order valence-corrected chi connectivity index (χ1v) is 7.83. The number of ether oxygens (including phenoxy) is 2. The van der Waals surface area contributed by atoms with Crippen LogP contribution in [0.15, 0.2) is 0 Å². The number of carbonyl (C=O) groups excluding carboxylic acids is 2. The van der Waals surface area contributed by atoms with Crippen molar-refractivity contribution in [1.29, 1.82) is 0 Å². The molecule has 130 valence electrons. The fourth-order valence-electron chi connectivity index (χ4n) is 1.38. The van der Waals surface area contributed by atoms with Gasteiger partial charge in [-0.1, -0.05) is 0 Å². The van der Waals surface area contributed by atoms with Crippen molar-refractivity contribution in [3.8, 4) is 0 Å². The van der Waals surface area contributed by atoms with Crippen LogP contribution in [0.1, 0.15) is 0 Å². The molecule has 0 N–H and O–H groups in total. The summed E-state index contributed by atoms with van der Waals surface area (Å²) in [5.74, 6) is -0.778. The first-order chi connectivity index (χ1) is 10.3. The van der Waals surface area contributed by atoms with Crippen LogP contribution in [0.4, 0.5) is 0 Å². The Morgan fingerprint density at radius 3 is 1.36 bits per heavy atom. The second kappa shape index (κ2) is 12.0. The predicted molar refractivity (Wildman–Crippen MR) is 86.7 cm³/mol. The Kier molecular flexibility index (Phi) is 11.7. The Labute approximate surface area is 141 Å². The average molecular weight is 356 g/mol. The monoisotopic (exact) mass is 356 g/mol. The maximum absolute atomic E-state index is 12.1. The fraction of sp³-hybridized carbons (Fsp3) is 0.833. The lowest BCUT2D eigenvalue weighted by Gasteiger charge is -2.26. The van der Waals surface area contributed by atoms with Gasteiger partial charge < -0.3 is 19.1 Å². The molecule has 2 atom stereocenters. The third-order valence-corrected chi connectivity index (χ3v) is 2.43. The van der Waals surface area contributed by atoms with Gasteiger partial charge in [-0.2, -0.15) is 25.3 Å². The van der Waals surface area contributed by atoms with E-state index < -0.39 is 24.1 Å². The van der Waals surface area contributed by atoms with Crippen LogP contribution < -0.4 is 0 Å². The molecule has 0 aromatic rings. The summed E-state index contributed by atoms with van der Waals surface area (Å²) in [5, 5.41) is 2.40. The summed E-state index contributed by atoms with van der Waals surface area (Å²) in [6, 6.07) is 0. The smallest absolute Gasteiger partial charge is 0.357 e. The quantitative estimate of drug-likeness (QED) is 0.384. The van der Waals surface area contributed by atoms with Gasteiger partial charge in [0, 0.05) is 39.7 Å².